The molecule has 1 unspecified atom stereocenters. The minimum Gasteiger partial charge on any atom is -0.389 e. The van der Waals surface area contributed by atoms with E-state index in [4.69, 9.17) is 25.0 Å². The fourth-order valence-corrected chi connectivity index (χ4v) is 3.87. The second kappa shape index (κ2) is 7.97. The summed E-state index contributed by atoms with van der Waals surface area (Å²) < 4.78 is 29.1. The molecule has 13 heteroatoms. The Kier molecular flexibility index (Phi) is 5.85. The molecule has 0 amide bonds. The first-order valence-electron chi connectivity index (χ1n) is 8.43. The summed E-state index contributed by atoms with van der Waals surface area (Å²) in [6, 6.07) is 1.38. The van der Waals surface area contributed by atoms with Gasteiger partial charge < -0.3 is 24.6 Å². The molecule has 2 heterocycles. The molecule has 2 aliphatic rings. The maximum atomic E-state index is 12.1. The molecule has 1 aliphatic heterocycles. The van der Waals surface area contributed by atoms with Crippen molar-refractivity contribution >= 4 is 14.1 Å². The summed E-state index contributed by atoms with van der Waals surface area (Å²) in [6.07, 6.45) is 0.521. The van der Waals surface area contributed by atoms with Crippen LogP contribution in [0.25, 0.3) is 10.4 Å². The zero-order chi connectivity index (χ0) is 19.6. The molecule has 3 rings (SSSR count). The Hall–Kier alpha value is -1.94. The summed E-state index contributed by atoms with van der Waals surface area (Å²) >= 11 is 0. The van der Waals surface area contributed by atoms with Crippen LogP contribution in [0, 0.1) is 0 Å². The van der Waals surface area contributed by atoms with Gasteiger partial charge in [0.1, 0.15) is 17.5 Å². The maximum absolute atomic E-state index is 12.1. The number of rotatable bonds is 7. The van der Waals surface area contributed by atoms with E-state index in [1.807, 2.05) is 0 Å². The molecular formula is C14H21N6O6P. The highest BCUT2D eigenvalue weighted by molar-refractivity contribution is 7.33. The summed E-state index contributed by atoms with van der Waals surface area (Å²) in [5, 5.41) is 14.2. The minimum atomic E-state index is -2.75. The van der Waals surface area contributed by atoms with Crippen LogP contribution in [0.1, 0.15) is 32.4 Å². The van der Waals surface area contributed by atoms with Crippen LogP contribution in [-0.4, -0.2) is 45.1 Å². The topological polar surface area (TPSA) is 175 Å². The lowest BCUT2D eigenvalue weighted by molar-refractivity contribution is -0.0463. The number of nitrogens with two attached hydrogens (primary N) is 1. The predicted molar refractivity (Wildman–Crippen MR) is 94.1 cm³/mol. The Morgan fingerprint density at radius 2 is 2.37 bits per heavy atom. The highest BCUT2D eigenvalue weighted by Crippen LogP contribution is 2.42. The molecular weight excluding hydrogens is 379 g/mol. The molecule has 1 aromatic rings. The number of azide groups is 1. The number of aromatic nitrogens is 2. The molecule has 0 radical (unpaired) electrons. The zero-order valence-corrected chi connectivity index (χ0v) is 15.6. The quantitative estimate of drug-likeness (QED) is 0.296. The molecule has 1 aromatic heterocycles. The van der Waals surface area contributed by atoms with Crippen LogP contribution < -0.4 is 11.4 Å². The van der Waals surface area contributed by atoms with Gasteiger partial charge in [-0.1, -0.05) is 5.11 Å². The van der Waals surface area contributed by atoms with Gasteiger partial charge in [0.25, 0.3) is 0 Å². The average Bonchev–Trinajstić information content (AvgIpc) is 2.81. The van der Waals surface area contributed by atoms with Crippen LogP contribution in [-0.2, 0) is 18.3 Å². The molecule has 1 saturated heterocycles. The van der Waals surface area contributed by atoms with E-state index in [0.29, 0.717) is 0 Å². The summed E-state index contributed by atoms with van der Waals surface area (Å²) in [5.41, 5.74) is 12.1. The summed E-state index contributed by atoms with van der Waals surface area (Å²) in [4.78, 5) is 18.5. The Balaban J connectivity index is 1.76. The Labute approximate surface area is 154 Å². The summed E-state index contributed by atoms with van der Waals surface area (Å²) in [5.74, 6) is 0.0203. The van der Waals surface area contributed by atoms with Gasteiger partial charge >= 0.3 is 13.9 Å². The molecule has 0 bridgehead atoms. The maximum Gasteiger partial charge on any atom is 0.351 e. The summed E-state index contributed by atoms with van der Waals surface area (Å²) in [6.45, 7) is 1.19. The molecule has 5 atom stereocenters. The number of nitrogen functional groups attached to an aromatic ring is 1. The van der Waals surface area contributed by atoms with Crippen LogP contribution in [0.4, 0.5) is 5.82 Å². The number of ether oxygens (including phenoxy) is 1. The lowest BCUT2D eigenvalue weighted by Crippen LogP contribution is -2.44. The van der Waals surface area contributed by atoms with Crippen molar-refractivity contribution in [1.29, 1.82) is 0 Å². The zero-order valence-electron chi connectivity index (χ0n) is 14.6. The Morgan fingerprint density at radius 1 is 1.63 bits per heavy atom. The lowest BCUT2D eigenvalue weighted by Gasteiger charge is -2.28. The van der Waals surface area contributed by atoms with Gasteiger partial charge in [-0.25, -0.2) is 4.79 Å². The van der Waals surface area contributed by atoms with Crippen LogP contribution in [0.2, 0.25) is 0 Å². The minimum absolute atomic E-state index is 0.0203. The molecule has 148 valence electrons. The van der Waals surface area contributed by atoms with Crippen LogP contribution in [0.5, 0.6) is 0 Å². The molecule has 1 saturated carbocycles. The van der Waals surface area contributed by atoms with Gasteiger partial charge in [-0.15, -0.1) is 0 Å². The lowest BCUT2D eigenvalue weighted by atomic mass is 9.93. The fourth-order valence-electron chi connectivity index (χ4n) is 3.00. The van der Waals surface area contributed by atoms with E-state index < -0.39 is 37.9 Å². The molecule has 3 N–H and O–H groups in total. The van der Waals surface area contributed by atoms with Gasteiger partial charge in [0.05, 0.1) is 18.8 Å². The molecule has 1 aliphatic carbocycles. The second-order valence-corrected chi connectivity index (χ2v) is 7.69. The van der Waals surface area contributed by atoms with Crippen LogP contribution in [0.15, 0.2) is 22.2 Å². The second-order valence-electron chi connectivity index (χ2n) is 6.66. The molecule has 12 nitrogen and oxygen atoms in total. The van der Waals surface area contributed by atoms with Gasteiger partial charge in [-0.05, 0) is 37.8 Å². The number of nitrogens with zero attached hydrogens (tertiary/aromatic N) is 5. The predicted octanol–water partition coefficient (Wildman–Crippen LogP) is 1.13. The fraction of sp³-hybridized carbons (Fsp3) is 0.714. The van der Waals surface area contributed by atoms with E-state index in [-0.39, 0.29) is 18.5 Å². The van der Waals surface area contributed by atoms with Crippen molar-refractivity contribution in [3.8, 4) is 0 Å². The Bertz CT molecular complexity index is 825. The Morgan fingerprint density at radius 3 is 2.96 bits per heavy atom. The smallest absolute Gasteiger partial charge is 0.351 e. The van der Waals surface area contributed by atoms with Crippen LogP contribution in [0.3, 0.4) is 0 Å². The van der Waals surface area contributed by atoms with Crippen molar-refractivity contribution in [1.82, 2.24) is 9.55 Å². The number of aliphatic hydroxyl groups is 1. The van der Waals surface area contributed by atoms with Crippen molar-refractivity contribution in [2.45, 2.75) is 56.3 Å². The van der Waals surface area contributed by atoms with E-state index in [1.165, 1.54) is 19.2 Å². The molecule has 0 aromatic carbocycles. The van der Waals surface area contributed by atoms with E-state index in [1.54, 1.807) is 0 Å². The third kappa shape index (κ3) is 4.01. The normalized spacial score (nSPS) is 31.9. The largest absolute Gasteiger partial charge is 0.389 e. The standard InChI is InChI=1S/C14H21N6O6P/c1-14(18-19-16)11(21)9(7-24-27(23)26-8-3-2-4-8)25-12(14)20-6-5-10(15)17-13(20)22/h5-6,8-9,11-12,21,27H,2-4,7H2,1H3,(H2,15,17,22)/t9-,11-,12-,14-/m1/s1. The highest BCUT2D eigenvalue weighted by atomic mass is 31.1. The number of aliphatic hydroxyl groups excluding tert-OH is 1. The van der Waals surface area contributed by atoms with E-state index in [2.05, 4.69) is 15.0 Å². The molecule has 2 fully saturated rings. The first kappa shape index (κ1) is 19.8. The van der Waals surface area contributed by atoms with Gasteiger partial charge in [0.15, 0.2) is 6.23 Å². The van der Waals surface area contributed by atoms with E-state index in [9.17, 15) is 14.5 Å². The molecule has 0 spiro atoms. The van der Waals surface area contributed by atoms with E-state index in [0.717, 1.165) is 23.8 Å². The van der Waals surface area contributed by atoms with Crippen molar-refractivity contribution in [3.05, 3.63) is 33.2 Å². The van der Waals surface area contributed by atoms with Gasteiger partial charge in [-0.2, -0.15) is 4.98 Å². The van der Waals surface area contributed by atoms with Crippen molar-refractivity contribution in [3.63, 3.8) is 0 Å². The molecule has 27 heavy (non-hydrogen) atoms. The van der Waals surface area contributed by atoms with Crippen molar-refractivity contribution in [2.75, 3.05) is 12.3 Å². The van der Waals surface area contributed by atoms with Crippen molar-refractivity contribution < 1.29 is 23.5 Å². The first-order chi connectivity index (χ1) is 12.8. The number of hydrogen-bond donors (Lipinski definition) is 2. The first-order valence-corrected chi connectivity index (χ1v) is 9.65. The average molecular weight is 400 g/mol. The van der Waals surface area contributed by atoms with Gasteiger partial charge in [0.2, 0.25) is 0 Å². The number of anilines is 1. The van der Waals surface area contributed by atoms with E-state index >= 15 is 0 Å². The third-order valence-electron chi connectivity index (χ3n) is 4.80. The third-order valence-corrected chi connectivity index (χ3v) is 5.73. The monoisotopic (exact) mass is 400 g/mol. The number of hydrogen-bond acceptors (Lipinski definition) is 9. The van der Waals surface area contributed by atoms with Crippen molar-refractivity contribution in [2.24, 2.45) is 5.11 Å². The van der Waals surface area contributed by atoms with Crippen LogP contribution >= 0.6 is 8.25 Å². The highest BCUT2D eigenvalue weighted by Gasteiger charge is 2.54. The van der Waals surface area contributed by atoms with Gasteiger partial charge in [-0.3, -0.25) is 9.13 Å². The summed E-state index contributed by atoms with van der Waals surface area (Å²) in [7, 11) is -2.75. The van der Waals surface area contributed by atoms with Gasteiger partial charge in [0, 0.05) is 11.1 Å². The SMILES string of the molecule is C[C@@]1(N=[N+]=[N-])[C@H](O)[C@@H](CO[PH](=O)OC2CCC2)O[C@H]1n1ccc(N)nc1=O.